The van der Waals surface area contributed by atoms with Gasteiger partial charge in [-0.05, 0) is 0 Å². The van der Waals surface area contributed by atoms with Crippen molar-refractivity contribution in [3.05, 3.63) is 25.3 Å². The van der Waals surface area contributed by atoms with Crippen molar-refractivity contribution in [3.63, 3.8) is 0 Å². The molecule has 0 aliphatic heterocycles. The first-order valence-corrected chi connectivity index (χ1v) is 4.27. The molecular formula is C8H14NOP. The maximum atomic E-state index is 11.1. The largest absolute Gasteiger partial charge is 0.335 e. The second-order valence-corrected chi connectivity index (χ2v) is 2.49. The minimum atomic E-state index is 0.106. The first kappa shape index (κ1) is 10.4. The molecule has 3 heteroatoms. The highest BCUT2D eigenvalue weighted by Gasteiger charge is 2.06. The van der Waals surface area contributed by atoms with Crippen molar-refractivity contribution in [3.8, 4) is 0 Å². The van der Waals surface area contributed by atoms with Gasteiger partial charge < -0.3 is 4.90 Å². The summed E-state index contributed by atoms with van der Waals surface area (Å²) in [4.78, 5) is 12.8. The van der Waals surface area contributed by atoms with Crippen LogP contribution in [-0.4, -0.2) is 30.1 Å². The van der Waals surface area contributed by atoms with E-state index < -0.39 is 0 Å². The zero-order valence-electron chi connectivity index (χ0n) is 6.62. The number of carbonyl (C=O) groups is 1. The summed E-state index contributed by atoms with van der Waals surface area (Å²) in [5.41, 5.74) is 0. The lowest BCUT2D eigenvalue weighted by Crippen LogP contribution is -2.31. The summed E-state index contributed by atoms with van der Waals surface area (Å²) in [6, 6.07) is 0. The Balaban J connectivity index is 3.95. The van der Waals surface area contributed by atoms with Crippen LogP contribution in [-0.2, 0) is 4.79 Å². The molecule has 11 heavy (non-hydrogen) atoms. The van der Waals surface area contributed by atoms with Gasteiger partial charge in [-0.1, -0.05) is 12.2 Å². The Bertz CT molecular complexity index is 146. The molecule has 0 heterocycles. The van der Waals surface area contributed by atoms with Crippen LogP contribution in [0.2, 0.25) is 0 Å². The van der Waals surface area contributed by atoms with Crippen LogP contribution in [0.4, 0.5) is 0 Å². The molecule has 62 valence electrons. The highest BCUT2D eigenvalue weighted by atomic mass is 31.0. The highest BCUT2D eigenvalue weighted by molar-refractivity contribution is 7.18. The number of carbonyl (C=O) groups excluding carboxylic acids is 1. The summed E-state index contributed by atoms with van der Waals surface area (Å²) < 4.78 is 0. The van der Waals surface area contributed by atoms with Crippen molar-refractivity contribution in [2.45, 2.75) is 0 Å². The van der Waals surface area contributed by atoms with Crippen molar-refractivity contribution in [1.82, 2.24) is 4.90 Å². The molecular weight excluding hydrogens is 157 g/mol. The third kappa shape index (κ3) is 3.94. The standard InChI is InChI=1S/C8H14NOP/c1-3-5-9(6-4-2)8(10)7-11/h3-4H,1-2,5-7,11H2. The van der Waals surface area contributed by atoms with Crippen LogP contribution in [0.15, 0.2) is 25.3 Å². The fourth-order valence-corrected chi connectivity index (χ4v) is 0.977. The Morgan fingerprint density at radius 1 is 1.36 bits per heavy atom. The molecule has 0 aliphatic rings. The predicted octanol–water partition coefficient (Wildman–Crippen LogP) is 1.06. The number of amides is 1. The number of hydrogen-bond donors (Lipinski definition) is 0. The maximum Gasteiger partial charge on any atom is 0.226 e. The van der Waals surface area contributed by atoms with E-state index in [2.05, 4.69) is 22.4 Å². The molecule has 0 rings (SSSR count). The third-order valence-electron chi connectivity index (χ3n) is 1.23. The Morgan fingerprint density at radius 3 is 2.09 bits per heavy atom. The molecule has 0 radical (unpaired) electrons. The van der Waals surface area contributed by atoms with Gasteiger partial charge in [-0.25, -0.2) is 0 Å². The minimum Gasteiger partial charge on any atom is -0.335 e. The van der Waals surface area contributed by atoms with Gasteiger partial charge in [0.1, 0.15) is 0 Å². The van der Waals surface area contributed by atoms with Crippen LogP contribution in [0.25, 0.3) is 0 Å². The lowest BCUT2D eigenvalue weighted by Gasteiger charge is -2.17. The Morgan fingerprint density at radius 2 is 1.82 bits per heavy atom. The van der Waals surface area contributed by atoms with Gasteiger partial charge in [0.05, 0.1) is 0 Å². The van der Waals surface area contributed by atoms with E-state index in [0.717, 1.165) is 0 Å². The zero-order valence-corrected chi connectivity index (χ0v) is 7.78. The van der Waals surface area contributed by atoms with E-state index >= 15 is 0 Å². The summed E-state index contributed by atoms with van der Waals surface area (Å²) >= 11 is 0. The van der Waals surface area contributed by atoms with Crippen LogP contribution in [0.1, 0.15) is 0 Å². The smallest absolute Gasteiger partial charge is 0.226 e. The SMILES string of the molecule is C=CCN(CC=C)C(=O)CP. The molecule has 1 amide bonds. The Labute approximate surface area is 70.2 Å². The van der Waals surface area contributed by atoms with Crippen molar-refractivity contribution in [1.29, 1.82) is 0 Å². The van der Waals surface area contributed by atoms with Crippen molar-refractivity contribution >= 4 is 15.1 Å². The zero-order chi connectivity index (χ0) is 8.69. The van der Waals surface area contributed by atoms with E-state index in [1.54, 1.807) is 17.1 Å². The summed E-state index contributed by atoms with van der Waals surface area (Å²) in [5, 5.41) is 0. The van der Waals surface area contributed by atoms with Crippen LogP contribution in [0.3, 0.4) is 0 Å². The third-order valence-corrected chi connectivity index (χ3v) is 1.58. The van der Waals surface area contributed by atoms with E-state index in [1.807, 2.05) is 0 Å². The molecule has 2 nitrogen and oxygen atoms in total. The van der Waals surface area contributed by atoms with Gasteiger partial charge in [-0.15, -0.1) is 22.4 Å². The maximum absolute atomic E-state index is 11.1. The molecule has 0 aromatic rings. The molecule has 0 fully saturated rings. The topological polar surface area (TPSA) is 20.3 Å². The lowest BCUT2D eigenvalue weighted by atomic mass is 10.4. The number of hydrogen-bond acceptors (Lipinski definition) is 1. The van der Waals surface area contributed by atoms with Gasteiger partial charge >= 0.3 is 0 Å². The fourth-order valence-electron chi connectivity index (χ4n) is 0.719. The van der Waals surface area contributed by atoms with Gasteiger partial charge in [-0.2, -0.15) is 0 Å². The van der Waals surface area contributed by atoms with Crippen molar-refractivity contribution in [2.75, 3.05) is 19.3 Å². The summed E-state index contributed by atoms with van der Waals surface area (Å²) in [6.45, 7) is 8.32. The first-order valence-electron chi connectivity index (χ1n) is 3.45. The number of nitrogens with zero attached hydrogens (tertiary/aromatic N) is 1. The van der Waals surface area contributed by atoms with Crippen molar-refractivity contribution in [2.24, 2.45) is 0 Å². The molecule has 0 bridgehead atoms. The van der Waals surface area contributed by atoms with E-state index in [9.17, 15) is 4.79 Å². The average molecular weight is 171 g/mol. The fraction of sp³-hybridized carbons (Fsp3) is 0.375. The monoisotopic (exact) mass is 171 g/mol. The molecule has 0 aliphatic carbocycles. The normalized spacial score (nSPS) is 8.82. The molecule has 0 aromatic heterocycles. The minimum absolute atomic E-state index is 0.106. The summed E-state index contributed by atoms with van der Waals surface area (Å²) in [6.07, 6.45) is 3.88. The second kappa shape index (κ2) is 6.11. The molecule has 1 unspecified atom stereocenters. The van der Waals surface area contributed by atoms with Crippen molar-refractivity contribution < 1.29 is 4.79 Å². The predicted molar refractivity (Wildman–Crippen MR) is 51.6 cm³/mol. The average Bonchev–Trinajstić information content (AvgIpc) is 2.03. The molecule has 0 spiro atoms. The summed E-state index contributed by atoms with van der Waals surface area (Å²) in [7, 11) is 2.40. The summed E-state index contributed by atoms with van der Waals surface area (Å²) in [5.74, 6) is 0.106. The van der Waals surface area contributed by atoms with E-state index in [-0.39, 0.29) is 5.91 Å². The molecule has 1 atom stereocenters. The second-order valence-electron chi connectivity index (χ2n) is 2.08. The molecule has 0 saturated carbocycles. The molecule has 0 aromatic carbocycles. The van der Waals surface area contributed by atoms with E-state index in [4.69, 9.17) is 0 Å². The van der Waals surface area contributed by atoms with Gasteiger partial charge in [-0.3, -0.25) is 4.79 Å². The Hall–Kier alpha value is -0.620. The van der Waals surface area contributed by atoms with Crippen LogP contribution in [0.5, 0.6) is 0 Å². The Kier molecular flexibility index (Phi) is 5.77. The van der Waals surface area contributed by atoms with E-state index in [0.29, 0.717) is 19.3 Å². The lowest BCUT2D eigenvalue weighted by molar-refractivity contribution is -0.127. The molecule has 0 saturated heterocycles. The quantitative estimate of drug-likeness (QED) is 0.447. The highest BCUT2D eigenvalue weighted by Crippen LogP contribution is 1.94. The van der Waals surface area contributed by atoms with E-state index in [1.165, 1.54) is 0 Å². The van der Waals surface area contributed by atoms with Gasteiger partial charge in [0.15, 0.2) is 0 Å². The number of rotatable bonds is 5. The van der Waals surface area contributed by atoms with Crippen LogP contribution >= 0.6 is 9.24 Å². The van der Waals surface area contributed by atoms with Crippen LogP contribution < -0.4 is 0 Å². The first-order chi connectivity index (χ1) is 5.26. The molecule has 0 N–H and O–H groups in total. The van der Waals surface area contributed by atoms with Gasteiger partial charge in [0.2, 0.25) is 5.91 Å². The van der Waals surface area contributed by atoms with Crippen LogP contribution in [0, 0.1) is 0 Å². The van der Waals surface area contributed by atoms with Gasteiger partial charge in [0.25, 0.3) is 0 Å². The van der Waals surface area contributed by atoms with Gasteiger partial charge in [0, 0.05) is 19.3 Å².